The molecule has 0 radical (unpaired) electrons. The van der Waals surface area contributed by atoms with Crippen molar-refractivity contribution < 1.29 is 24.2 Å². The number of amides is 2. The first-order valence-corrected chi connectivity index (χ1v) is 9.67. The summed E-state index contributed by atoms with van der Waals surface area (Å²) >= 11 is 0. The molecule has 2 aromatic rings. The van der Waals surface area contributed by atoms with Gasteiger partial charge in [0.05, 0.1) is 6.54 Å². The molecule has 156 valence electrons. The van der Waals surface area contributed by atoms with Crippen LogP contribution < -0.4 is 5.32 Å². The molecular weight excluding hydrogens is 384 g/mol. The average molecular weight is 408 g/mol. The largest absolute Gasteiger partial charge is 0.480 e. The molecule has 7 nitrogen and oxygen atoms in total. The summed E-state index contributed by atoms with van der Waals surface area (Å²) in [5, 5.41) is 11.8. The van der Waals surface area contributed by atoms with Crippen LogP contribution in [0.4, 0.5) is 4.79 Å². The predicted molar refractivity (Wildman–Crippen MR) is 110 cm³/mol. The van der Waals surface area contributed by atoms with Gasteiger partial charge in [-0.05, 0) is 23.1 Å². The van der Waals surface area contributed by atoms with Crippen molar-refractivity contribution in [2.24, 2.45) is 0 Å². The summed E-state index contributed by atoms with van der Waals surface area (Å²) in [5.41, 5.74) is 2.71. The Hall–Kier alpha value is -3.61. The van der Waals surface area contributed by atoms with Crippen molar-refractivity contribution in [2.45, 2.75) is 38.1 Å². The molecule has 0 aliphatic carbocycles. The van der Waals surface area contributed by atoms with E-state index in [1.165, 1.54) is 11.0 Å². The fraction of sp³-hybridized carbons (Fsp3) is 0.261. The van der Waals surface area contributed by atoms with Crippen LogP contribution in [0.1, 0.15) is 23.1 Å². The Morgan fingerprint density at radius 1 is 1.13 bits per heavy atom. The third-order valence-corrected chi connectivity index (χ3v) is 5.01. The van der Waals surface area contributed by atoms with Crippen LogP contribution in [0.2, 0.25) is 0 Å². The Labute approximate surface area is 175 Å². The van der Waals surface area contributed by atoms with E-state index in [0.29, 0.717) is 0 Å². The molecule has 2 aromatic carbocycles. The standard InChI is InChI=1S/C23H24N2O5/c1-2-8-19(22(27)28)24-21(26)20-13-17-11-6-7-12-18(17)14-25(20)23(29)30-15-16-9-4-3-5-10-16/h2-7,9-12,19-20H,1,8,13-15H2,(H,24,26)(H,27,28)/t19-,20-/m0/s1. The second-order valence-corrected chi connectivity index (χ2v) is 7.08. The first-order chi connectivity index (χ1) is 14.5. The summed E-state index contributed by atoms with van der Waals surface area (Å²) in [6.45, 7) is 3.82. The highest BCUT2D eigenvalue weighted by atomic mass is 16.6. The lowest BCUT2D eigenvalue weighted by Crippen LogP contribution is -2.55. The van der Waals surface area contributed by atoms with E-state index in [0.717, 1.165) is 16.7 Å². The van der Waals surface area contributed by atoms with Gasteiger partial charge in [-0.15, -0.1) is 6.58 Å². The van der Waals surface area contributed by atoms with Gasteiger partial charge in [0.15, 0.2) is 0 Å². The topological polar surface area (TPSA) is 95.9 Å². The number of carboxylic acids is 1. The third kappa shape index (κ3) is 5.05. The molecule has 1 aliphatic rings. The molecule has 30 heavy (non-hydrogen) atoms. The van der Waals surface area contributed by atoms with Crippen molar-refractivity contribution in [1.82, 2.24) is 10.2 Å². The quantitative estimate of drug-likeness (QED) is 0.687. The summed E-state index contributed by atoms with van der Waals surface area (Å²) in [7, 11) is 0. The van der Waals surface area contributed by atoms with E-state index in [1.54, 1.807) is 0 Å². The Morgan fingerprint density at radius 2 is 1.80 bits per heavy atom. The maximum absolute atomic E-state index is 12.9. The summed E-state index contributed by atoms with van der Waals surface area (Å²) in [4.78, 5) is 38.5. The second-order valence-electron chi connectivity index (χ2n) is 7.08. The highest BCUT2D eigenvalue weighted by Gasteiger charge is 2.36. The minimum Gasteiger partial charge on any atom is -0.480 e. The van der Waals surface area contributed by atoms with E-state index in [2.05, 4.69) is 11.9 Å². The van der Waals surface area contributed by atoms with Gasteiger partial charge in [-0.3, -0.25) is 9.69 Å². The SMILES string of the molecule is C=CC[C@H](NC(=O)[C@@H]1Cc2ccccc2CN1C(=O)OCc1ccccc1)C(=O)O. The molecule has 2 amide bonds. The number of carboxylic acid groups (broad SMARTS) is 1. The summed E-state index contributed by atoms with van der Waals surface area (Å²) in [5.74, 6) is -1.69. The number of nitrogens with zero attached hydrogens (tertiary/aromatic N) is 1. The van der Waals surface area contributed by atoms with Crippen LogP contribution in [-0.4, -0.2) is 40.1 Å². The number of benzene rings is 2. The van der Waals surface area contributed by atoms with E-state index >= 15 is 0 Å². The second kappa shape index (κ2) is 9.73. The molecule has 0 bridgehead atoms. The van der Waals surface area contributed by atoms with Crippen LogP contribution in [0, 0.1) is 0 Å². The average Bonchev–Trinajstić information content (AvgIpc) is 2.76. The minimum absolute atomic E-state index is 0.0837. The predicted octanol–water partition coefficient (Wildman–Crippen LogP) is 2.90. The lowest BCUT2D eigenvalue weighted by Gasteiger charge is -2.35. The number of carbonyl (C=O) groups is 3. The normalized spacial score (nSPS) is 16.1. The number of carbonyl (C=O) groups excluding carboxylic acids is 2. The summed E-state index contributed by atoms with van der Waals surface area (Å²) in [6.07, 6.45) is 1.18. The monoisotopic (exact) mass is 408 g/mol. The van der Waals surface area contributed by atoms with Crippen molar-refractivity contribution in [2.75, 3.05) is 0 Å². The molecule has 1 heterocycles. The van der Waals surface area contributed by atoms with Crippen LogP contribution in [-0.2, 0) is 33.9 Å². The molecule has 0 saturated carbocycles. The number of nitrogens with one attached hydrogen (secondary N) is 1. The van der Waals surface area contributed by atoms with Crippen molar-refractivity contribution in [1.29, 1.82) is 0 Å². The third-order valence-electron chi connectivity index (χ3n) is 5.01. The van der Waals surface area contributed by atoms with Gasteiger partial charge in [0, 0.05) is 6.42 Å². The van der Waals surface area contributed by atoms with Gasteiger partial charge in [-0.2, -0.15) is 0 Å². The lowest BCUT2D eigenvalue weighted by molar-refractivity contribution is -0.142. The highest BCUT2D eigenvalue weighted by Crippen LogP contribution is 2.24. The first kappa shape index (κ1) is 21.1. The zero-order valence-electron chi connectivity index (χ0n) is 16.5. The maximum atomic E-state index is 12.9. The Morgan fingerprint density at radius 3 is 2.47 bits per heavy atom. The molecule has 7 heteroatoms. The van der Waals surface area contributed by atoms with Crippen molar-refractivity contribution in [3.63, 3.8) is 0 Å². The zero-order chi connectivity index (χ0) is 21.5. The van der Waals surface area contributed by atoms with Crippen LogP contribution in [0.25, 0.3) is 0 Å². The van der Waals surface area contributed by atoms with Crippen LogP contribution >= 0.6 is 0 Å². The fourth-order valence-electron chi connectivity index (χ4n) is 3.41. The Kier molecular flexibility index (Phi) is 6.85. The van der Waals surface area contributed by atoms with E-state index in [9.17, 15) is 19.5 Å². The van der Waals surface area contributed by atoms with E-state index in [-0.39, 0.29) is 26.0 Å². The van der Waals surface area contributed by atoms with Crippen LogP contribution in [0.3, 0.4) is 0 Å². The maximum Gasteiger partial charge on any atom is 0.411 e. The Balaban J connectivity index is 1.78. The summed E-state index contributed by atoms with van der Waals surface area (Å²) in [6, 6.07) is 14.8. The smallest absolute Gasteiger partial charge is 0.411 e. The molecule has 0 unspecified atom stereocenters. The Bertz CT molecular complexity index is 928. The molecule has 0 saturated heterocycles. The number of fused-ring (bicyclic) bond motifs is 1. The van der Waals surface area contributed by atoms with Gasteiger partial charge < -0.3 is 15.2 Å². The zero-order valence-corrected chi connectivity index (χ0v) is 16.5. The van der Waals surface area contributed by atoms with Gasteiger partial charge in [-0.1, -0.05) is 60.7 Å². The molecule has 1 aliphatic heterocycles. The van der Waals surface area contributed by atoms with Crippen molar-refractivity contribution in [3.8, 4) is 0 Å². The van der Waals surface area contributed by atoms with E-state index in [1.807, 2.05) is 54.6 Å². The molecule has 0 spiro atoms. The van der Waals surface area contributed by atoms with Gasteiger partial charge in [0.1, 0.15) is 18.7 Å². The molecule has 2 atom stereocenters. The molecular formula is C23H24N2O5. The van der Waals surface area contributed by atoms with Crippen LogP contribution in [0.15, 0.2) is 67.3 Å². The number of rotatable bonds is 7. The number of hydrogen-bond acceptors (Lipinski definition) is 4. The molecule has 0 fully saturated rings. The number of ether oxygens (including phenoxy) is 1. The van der Waals surface area contributed by atoms with Gasteiger partial charge in [-0.25, -0.2) is 9.59 Å². The fourth-order valence-corrected chi connectivity index (χ4v) is 3.41. The van der Waals surface area contributed by atoms with Gasteiger partial charge in [0.2, 0.25) is 5.91 Å². The van der Waals surface area contributed by atoms with Gasteiger partial charge >= 0.3 is 12.1 Å². The summed E-state index contributed by atoms with van der Waals surface area (Å²) < 4.78 is 5.44. The first-order valence-electron chi connectivity index (χ1n) is 9.67. The molecule has 3 rings (SSSR count). The number of hydrogen-bond donors (Lipinski definition) is 2. The van der Waals surface area contributed by atoms with E-state index < -0.39 is 30.1 Å². The van der Waals surface area contributed by atoms with Crippen molar-refractivity contribution in [3.05, 3.63) is 83.9 Å². The van der Waals surface area contributed by atoms with Crippen LogP contribution in [0.5, 0.6) is 0 Å². The van der Waals surface area contributed by atoms with Gasteiger partial charge in [0.25, 0.3) is 0 Å². The number of aliphatic carboxylic acids is 1. The van der Waals surface area contributed by atoms with Crippen molar-refractivity contribution >= 4 is 18.0 Å². The molecule has 2 N–H and O–H groups in total. The highest BCUT2D eigenvalue weighted by molar-refractivity contribution is 5.90. The molecule has 0 aromatic heterocycles. The van der Waals surface area contributed by atoms with E-state index in [4.69, 9.17) is 4.74 Å². The minimum atomic E-state index is -1.15. The lowest BCUT2D eigenvalue weighted by atomic mass is 9.93.